The molecule has 6 nitrogen and oxygen atoms in total. The molecule has 0 radical (unpaired) electrons. The second-order valence-electron chi connectivity index (χ2n) is 6.02. The average Bonchev–Trinajstić information content (AvgIpc) is 3.11. The summed E-state index contributed by atoms with van der Waals surface area (Å²) in [6.45, 7) is 3.95. The molecule has 0 aliphatic heterocycles. The van der Waals surface area contributed by atoms with Gasteiger partial charge in [0.05, 0.1) is 25.6 Å². The summed E-state index contributed by atoms with van der Waals surface area (Å²) in [5, 5.41) is 8.39. The summed E-state index contributed by atoms with van der Waals surface area (Å²) >= 11 is 1.35. The van der Waals surface area contributed by atoms with Gasteiger partial charge < -0.3 is 20.1 Å². The smallest absolute Gasteiger partial charge is 0.275 e. The van der Waals surface area contributed by atoms with E-state index >= 15 is 0 Å². The molecule has 3 aromatic rings. The van der Waals surface area contributed by atoms with Crippen LogP contribution in [0.2, 0.25) is 0 Å². The first-order valence-electron chi connectivity index (χ1n) is 8.33. The highest BCUT2D eigenvalue weighted by molar-refractivity contribution is 7.14. The number of methoxy groups -OCH3 is 2. The number of thiazole rings is 1. The van der Waals surface area contributed by atoms with Crippen LogP contribution in [0.1, 0.15) is 21.6 Å². The number of benzene rings is 2. The molecule has 0 saturated heterocycles. The lowest BCUT2D eigenvalue weighted by atomic mass is 10.2. The number of nitrogens with one attached hydrogen (secondary N) is 2. The van der Waals surface area contributed by atoms with Crippen LogP contribution in [0.5, 0.6) is 11.5 Å². The normalized spacial score (nSPS) is 10.4. The first-order chi connectivity index (χ1) is 13.0. The van der Waals surface area contributed by atoms with Crippen molar-refractivity contribution >= 4 is 33.8 Å². The van der Waals surface area contributed by atoms with Crippen LogP contribution in [0, 0.1) is 13.8 Å². The van der Waals surface area contributed by atoms with E-state index in [0.717, 1.165) is 16.8 Å². The minimum Gasteiger partial charge on any atom is -0.495 e. The van der Waals surface area contributed by atoms with E-state index in [1.54, 1.807) is 19.6 Å². The quantitative estimate of drug-likeness (QED) is 0.641. The van der Waals surface area contributed by atoms with Crippen LogP contribution < -0.4 is 20.1 Å². The first kappa shape index (κ1) is 18.7. The largest absolute Gasteiger partial charge is 0.495 e. The summed E-state index contributed by atoms with van der Waals surface area (Å²) in [5.41, 5.74) is 3.87. The van der Waals surface area contributed by atoms with Crippen molar-refractivity contribution in [3.63, 3.8) is 0 Å². The Balaban J connectivity index is 1.77. The van der Waals surface area contributed by atoms with Crippen molar-refractivity contribution in [2.45, 2.75) is 13.8 Å². The van der Waals surface area contributed by atoms with Crippen LogP contribution >= 0.6 is 11.3 Å². The zero-order valence-electron chi connectivity index (χ0n) is 15.6. The number of carbonyl (C=O) groups excluding carboxylic acids is 1. The van der Waals surface area contributed by atoms with Crippen molar-refractivity contribution < 1.29 is 14.3 Å². The molecular weight excluding hydrogens is 362 g/mol. The van der Waals surface area contributed by atoms with Crippen LogP contribution in [0.3, 0.4) is 0 Å². The lowest BCUT2D eigenvalue weighted by molar-refractivity contribution is 0.102. The van der Waals surface area contributed by atoms with Gasteiger partial charge in [-0.15, -0.1) is 11.3 Å². The van der Waals surface area contributed by atoms with E-state index in [0.29, 0.717) is 28.0 Å². The minimum atomic E-state index is -0.292. The summed E-state index contributed by atoms with van der Waals surface area (Å²) in [4.78, 5) is 16.9. The number of aryl methyl sites for hydroxylation is 2. The van der Waals surface area contributed by atoms with Gasteiger partial charge in [-0.1, -0.05) is 12.1 Å². The van der Waals surface area contributed by atoms with Gasteiger partial charge >= 0.3 is 0 Å². The fourth-order valence-electron chi connectivity index (χ4n) is 2.58. The van der Waals surface area contributed by atoms with E-state index in [1.807, 2.05) is 50.2 Å². The van der Waals surface area contributed by atoms with Crippen LogP contribution in [0.25, 0.3) is 0 Å². The number of hydrogen-bond acceptors (Lipinski definition) is 6. The summed E-state index contributed by atoms with van der Waals surface area (Å²) in [7, 11) is 3.19. The molecule has 1 aromatic heterocycles. The number of carbonyl (C=O) groups is 1. The van der Waals surface area contributed by atoms with Crippen molar-refractivity contribution in [2.24, 2.45) is 0 Å². The molecule has 0 aliphatic carbocycles. The van der Waals surface area contributed by atoms with Gasteiger partial charge in [0, 0.05) is 5.38 Å². The van der Waals surface area contributed by atoms with Gasteiger partial charge in [-0.2, -0.15) is 0 Å². The Kier molecular flexibility index (Phi) is 5.61. The topological polar surface area (TPSA) is 72.5 Å². The third kappa shape index (κ3) is 4.38. The molecule has 0 saturated carbocycles. The Morgan fingerprint density at radius 2 is 1.56 bits per heavy atom. The van der Waals surface area contributed by atoms with Crippen LogP contribution in [-0.4, -0.2) is 25.1 Å². The van der Waals surface area contributed by atoms with Gasteiger partial charge in [0.1, 0.15) is 17.2 Å². The SMILES string of the molecule is COc1ccc(C)cc1NC(=O)c1csc(Nc2cc(C)ccc2OC)n1. The molecule has 140 valence electrons. The van der Waals surface area contributed by atoms with Gasteiger partial charge in [0.2, 0.25) is 0 Å². The van der Waals surface area contributed by atoms with E-state index in [4.69, 9.17) is 9.47 Å². The highest BCUT2D eigenvalue weighted by atomic mass is 32.1. The lowest BCUT2D eigenvalue weighted by Crippen LogP contribution is -2.13. The molecule has 3 rings (SSSR count). The molecule has 1 amide bonds. The van der Waals surface area contributed by atoms with Gasteiger partial charge in [-0.3, -0.25) is 4.79 Å². The molecule has 2 N–H and O–H groups in total. The Bertz CT molecular complexity index is 969. The van der Waals surface area contributed by atoms with E-state index in [2.05, 4.69) is 15.6 Å². The van der Waals surface area contributed by atoms with E-state index in [9.17, 15) is 4.79 Å². The van der Waals surface area contributed by atoms with Gasteiger partial charge in [0.25, 0.3) is 5.91 Å². The maximum absolute atomic E-state index is 12.6. The Morgan fingerprint density at radius 1 is 0.963 bits per heavy atom. The fourth-order valence-corrected chi connectivity index (χ4v) is 3.28. The predicted octanol–water partition coefficient (Wildman–Crippen LogP) is 4.77. The number of amides is 1. The van der Waals surface area contributed by atoms with Crippen LogP contribution in [0.15, 0.2) is 41.8 Å². The monoisotopic (exact) mass is 383 g/mol. The number of anilines is 3. The fraction of sp³-hybridized carbons (Fsp3) is 0.200. The van der Waals surface area contributed by atoms with E-state index < -0.39 is 0 Å². The van der Waals surface area contributed by atoms with Gasteiger partial charge in [-0.05, 0) is 49.2 Å². The standard InChI is InChI=1S/C20H21N3O3S/c1-12-5-7-17(25-3)14(9-12)21-19(24)16-11-27-20(23-16)22-15-10-13(2)6-8-18(15)26-4/h5-11H,1-4H3,(H,21,24)(H,22,23). The molecule has 27 heavy (non-hydrogen) atoms. The summed E-state index contributed by atoms with van der Waals surface area (Å²) < 4.78 is 10.7. The van der Waals surface area contributed by atoms with Crippen LogP contribution in [0.4, 0.5) is 16.5 Å². The molecule has 0 fully saturated rings. The zero-order chi connectivity index (χ0) is 19.4. The Labute approximate surface area is 162 Å². The highest BCUT2D eigenvalue weighted by Crippen LogP contribution is 2.30. The molecule has 1 heterocycles. The molecule has 0 spiro atoms. The summed E-state index contributed by atoms with van der Waals surface area (Å²) in [6, 6.07) is 11.4. The molecule has 0 unspecified atom stereocenters. The predicted molar refractivity (Wildman–Crippen MR) is 109 cm³/mol. The maximum Gasteiger partial charge on any atom is 0.275 e. The van der Waals surface area contributed by atoms with Crippen LogP contribution in [-0.2, 0) is 0 Å². The van der Waals surface area contributed by atoms with E-state index in [-0.39, 0.29) is 5.91 Å². The number of ether oxygens (including phenoxy) is 2. The molecular formula is C20H21N3O3S. The second kappa shape index (κ2) is 8.09. The van der Waals surface area contributed by atoms with Crippen molar-refractivity contribution in [3.8, 4) is 11.5 Å². The molecule has 0 atom stereocenters. The summed E-state index contributed by atoms with van der Waals surface area (Å²) in [5.74, 6) is 1.03. The number of rotatable bonds is 6. The molecule has 0 aliphatic rings. The van der Waals surface area contributed by atoms with E-state index in [1.165, 1.54) is 11.3 Å². The highest BCUT2D eigenvalue weighted by Gasteiger charge is 2.14. The molecule has 0 bridgehead atoms. The zero-order valence-corrected chi connectivity index (χ0v) is 16.4. The first-order valence-corrected chi connectivity index (χ1v) is 9.21. The lowest BCUT2D eigenvalue weighted by Gasteiger charge is -2.10. The third-order valence-electron chi connectivity index (χ3n) is 3.94. The van der Waals surface area contributed by atoms with Gasteiger partial charge in [0.15, 0.2) is 5.13 Å². The minimum absolute atomic E-state index is 0.292. The van der Waals surface area contributed by atoms with Crippen molar-refractivity contribution in [1.82, 2.24) is 4.98 Å². The Hall–Kier alpha value is -3.06. The number of hydrogen-bond donors (Lipinski definition) is 2. The van der Waals surface area contributed by atoms with Gasteiger partial charge in [-0.25, -0.2) is 4.98 Å². The van der Waals surface area contributed by atoms with Crippen molar-refractivity contribution in [2.75, 3.05) is 24.9 Å². The number of nitrogens with zero attached hydrogens (tertiary/aromatic N) is 1. The van der Waals surface area contributed by atoms with Crippen molar-refractivity contribution in [1.29, 1.82) is 0 Å². The van der Waals surface area contributed by atoms with Crippen molar-refractivity contribution in [3.05, 3.63) is 58.6 Å². The molecule has 7 heteroatoms. The maximum atomic E-state index is 12.6. The average molecular weight is 383 g/mol. The molecule has 2 aromatic carbocycles. The third-order valence-corrected chi connectivity index (χ3v) is 4.69. The number of aromatic nitrogens is 1. The second-order valence-corrected chi connectivity index (χ2v) is 6.88. The summed E-state index contributed by atoms with van der Waals surface area (Å²) in [6.07, 6.45) is 0. The Morgan fingerprint density at radius 3 is 2.19 bits per heavy atom.